The summed E-state index contributed by atoms with van der Waals surface area (Å²) in [6.07, 6.45) is 0.922. The molecule has 0 fully saturated rings. The lowest BCUT2D eigenvalue weighted by Gasteiger charge is -2.28. The Morgan fingerprint density at radius 1 is 0.861 bits per heavy atom. The summed E-state index contributed by atoms with van der Waals surface area (Å²) in [6, 6.07) is 11.4. The van der Waals surface area contributed by atoms with Crippen molar-refractivity contribution in [2.75, 3.05) is 13.2 Å². The van der Waals surface area contributed by atoms with Crippen LogP contribution in [0.5, 0.6) is 11.5 Å². The first-order valence-electron chi connectivity index (χ1n) is 12.6. The lowest BCUT2D eigenvalue weighted by molar-refractivity contribution is -0.158. The van der Waals surface area contributed by atoms with Crippen LogP contribution in [0.15, 0.2) is 36.4 Å². The molecule has 0 bridgehead atoms. The van der Waals surface area contributed by atoms with E-state index >= 15 is 0 Å². The standard InChI is InChI=1S/C30H43NO5/c1-10-35-27(34)30(8,9)36-22-13-11-20(12-14-22)15-16-31-25(32)19-21-17-23(28(2,3)4)26(33)24(18-21)29(5,6)7/h11-14,17-18,33H,10,15-16,19H2,1-9H3,(H,31,32). The highest BCUT2D eigenvalue weighted by atomic mass is 16.6. The van der Waals surface area contributed by atoms with Crippen molar-refractivity contribution in [3.63, 3.8) is 0 Å². The summed E-state index contributed by atoms with van der Waals surface area (Å²) in [4.78, 5) is 24.7. The fourth-order valence-electron chi connectivity index (χ4n) is 3.90. The van der Waals surface area contributed by atoms with E-state index in [0.717, 1.165) is 22.3 Å². The summed E-state index contributed by atoms with van der Waals surface area (Å²) in [6.45, 7) is 18.3. The van der Waals surface area contributed by atoms with Crippen LogP contribution in [0, 0.1) is 0 Å². The van der Waals surface area contributed by atoms with Crippen LogP contribution < -0.4 is 10.1 Å². The van der Waals surface area contributed by atoms with Gasteiger partial charge in [0.2, 0.25) is 5.91 Å². The predicted molar refractivity (Wildman–Crippen MR) is 144 cm³/mol. The zero-order valence-electron chi connectivity index (χ0n) is 23.4. The highest BCUT2D eigenvalue weighted by Crippen LogP contribution is 2.39. The van der Waals surface area contributed by atoms with Crippen molar-refractivity contribution in [3.05, 3.63) is 58.7 Å². The van der Waals surface area contributed by atoms with Crippen LogP contribution in [0.25, 0.3) is 0 Å². The van der Waals surface area contributed by atoms with Crippen molar-refractivity contribution in [2.45, 2.75) is 91.6 Å². The Labute approximate surface area is 216 Å². The van der Waals surface area contributed by atoms with Gasteiger partial charge >= 0.3 is 5.97 Å². The molecular formula is C30H43NO5. The molecule has 0 aliphatic carbocycles. The maximum absolute atomic E-state index is 12.7. The van der Waals surface area contributed by atoms with Gasteiger partial charge < -0.3 is 19.9 Å². The normalized spacial score (nSPS) is 12.2. The number of esters is 1. The molecule has 0 atom stereocenters. The minimum atomic E-state index is -1.07. The first-order chi connectivity index (χ1) is 16.5. The average Bonchev–Trinajstić information content (AvgIpc) is 2.74. The molecule has 6 nitrogen and oxygen atoms in total. The molecular weight excluding hydrogens is 454 g/mol. The highest BCUT2D eigenvalue weighted by molar-refractivity contribution is 5.79. The van der Waals surface area contributed by atoms with E-state index in [4.69, 9.17) is 9.47 Å². The number of carbonyl (C=O) groups is 2. The molecule has 0 heterocycles. The van der Waals surface area contributed by atoms with Gasteiger partial charge in [-0.05, 0) is 72.4 Å². The van der Waals surface area contributed by atoms with Crippen molar-refractivity contribution in [2.24, 2.45) is 0 Å². The first kappa shape index (κ1) is 29.2. The van der Waals surface area contributed by atoms with Crippen molar-refractivity contribution in [1.29, 1.82) is 0 Å². The van der Waals surface area contributed by atoms with Crippen LogP contribution in [-0.4, -0.2) is 35.7 Å². The van der Waals surface area contributed by atoms with Gasteiger partial charge in [-0.3, -0.25) is 4.79 Å². The largest absolute Gasteiger partial charge is 0.507 e. The van der Waals surface area contributed by atoms with Gasteiger partial charge in [0.15, 0.2) is 5.60 Å². The zero-order valence-corrected chi connectivity index (χ0v) is 23.4. The van der Waals surface area contributed by atoms with Crippen molar-refractivity contribution >= 4 is 11.9 Å². The van der Waals surface area contributed by atoms with Crippen LogP contribution in [0.3, 0.4) is 0 Å². The molecule has 1 amide bonds. The van der Waals surface area contributed by atoms with Crippen molar-refractivity contribution in [3.8, 4) is 11.5 Å². The fraction of sp³-hybridized carbons (Fsp3) is 0.533. The zero-order chi connectivity index (χ0) is 27.3. The van der Waals surface area contributed by atoms with E-state index in [0.29, 0.717) is 31.1 Å². The lowest BCUT2D eigenvalue weighted by atomic mass is 9.78. The summed E-state index contributed by atoms with van der Waals surface area (Å²) < 4.78 is 10.8. The number of nitrogens with one attached hydrogen (secondary N) is 1. The third kappa shape index (κ3) is 8.00. The van der Waals surface area contributed by atoms with Gasteiger partial charge in [0.25, 0.3) is 0 Å². The van der Waals surface area contributed by atoms with Gasteiger partial charge in [-0.1, -0.05) is 65.8 Å². The molecule has 2 aromatic carbocycles. The van der Waals surface area contributed by atoms with E-state index in [1.165, 1.54) is 0 Å². The summed E-state index contributed by atoms with van der Waals surface area (Å²) in [5.74, 6) is 0.431. The van der Waals surface area contributed by atoms with Crippen molar-refractivity contribution in [1.82, 2.24) is 5.32 Å². The van der Waals surface area contributed by atoms with Crippen LogP contribution >= 0.6 is 0 Å². The Morgan fingerprint density at radius 2 is 1.39 bits per heavy atom. The van der Waals surface area contributed by atoms with Gasteiger partial charge in [-0.15, -0.1) is 0 Å². The molecule has 0 saturated heterocycles. The quantitative estimate of drug-likeness (QED) is 0.440. The summed E-state index contributed by atoms with van der Waals surface area (Å²) in [5.41, 5.74) is 2.10. The van der Waals surface area contributed by atoms with E-state index in [1.807, 2.05) is 36.4 Å². The van der Waals surface area contributed by atoms with E-state index in [2.05, 4.69) is 46.9 Å². The molecule has 198 valence electrons. The number of carbonyl (C=O) groups excluding carboxylic acids is 2. The third-order valence-corrected chi connectivity index (χ3v) is 5.95. The Morgan fingerprint density at radius 3 is 1.86 bits per heavy atom. The number of phenolic OH excluding ortho intramolecular Hbond substituents is 1. The second-order valence-corrected chi connectivity index (χ2v) is 11.8. The summed E-state index contributed by atoms with van der Waals surface area (Å²) in [5, 5.41) is 13.9. The summed E-state index contributed by atoms with van der Waals surface area (Å²) in [7, 11) is 0. The minimum Gasteiger partial charge on any atom is -0.507 e. The SMILES string of the molecule is CCOC(=O)C(C)(C)Oc1ccc(CCNC(=O)Cc2cc(C(C)(C)C)c(O)c(C(C)(C)C)c2)cc1. The number of hydrogen-bond donors (Lipinski definition) is 2. The fourth-order valence-corrected chi connectivity index (χ4v) is 3.90. The van der Waals surface area contributed by atoms with Gasteiger partial charge in [0.1, 0.15) is 11.5 Å². The first-order valence-corrected chi connectivity index (χ1v) is 12.6. The topological polar surface area (TPSA) is 84.9 Å². The number of rotatable bonds is 9. The molecule has 0 radical (unpaired) electrons. The van der Waals surface area contributed by atoms with Crippen LogP contribution in [0.1, 0.15) is 84.6 Å². The average molecular weight is 498 g/mol. The number of phenols is 1. The molecule has 0 aromatic heterocycles. The molecule has 2 N–H and O–H groups in total. The molecule has 6 heteroatoms. The van der Waals surface area contributed by atoms with Gasteiger partial charge in [0, 0.05) is 6.54 Å². The third-order valence-electron chi connectivity index (χ3n) is 5.95. The molecule has 0 aliphatic heterocycles. The van der Waals surface area contributed by atoms with Gasteiger partial charge in [0.05, 0.1) is 13.0 Å². The molecule has 2 aromatic rings. The minimum absolute atomic E-state index is 0.0588. The molecule has 0 aliphatic rings. The number of ether oxygens (including phenoxy) is 2. The molecule has 36 heavy (non-hydrogen) atoms. The number of hydrogen-bond acceptors (Lipinski definition) is 5. The van der Waals surface area contributed by atoms with E-state index in [-0.39, 0.29) is 23.2 Å². The van der Waals surface area contributed by atoms with E-state index < -0.39 is 11.6 Å². The molecule has 0 saturated carbocycles. The number of benzene rings is 2. The maximum atomic E-state index is 12.7. The Bertz CT molecular complexity index is 1020. The number of aromatic hydroxyl groups is 1. The smallest absolute Gasteiger partial charge is 0.349 e. The monoisotopic (exact) mass is 497 g/mol. The Balaban J connectivity index is 1.99. The van der Waals surface area contributed by atoms with Gasteiger partial charge in [-0.2, -0.15) is 0 Å². The van der Waals surface area contributed by atoms with E-state index in [1.54, 1.807) is 20.8 Å². The molecule has 0 unspecified atom stereocenters. The second kappa shape index (κ2) is 11.4. The maximum Gasteiger partial charge on any atom is 0.349 e. The Hall–Kier alpha value is -3.02. The van der Waals surface area contributed by atoms with Gasteiger partial charge in [-0.25, -0.2) is 4.79 Å². The Kier molecular flexibility index (Phi) is 9.22. The van der Waals surface area contributed by atoms with Crippen LogP contribution in [0.2, 0.25) is 0 Å². The van der Waals surface area contributed by atoms with Crippen LogP contribution in [-0.2, 0) is 38.0 Å². The second-order valence-electron chi connectivity index (χ2n) is 11.8. The van der Waals surface area contributed by atoms with Crippen LogP contribution in [0.4, 0.5) is 0 Å². The van der Waals surface area contributed by atoms with E-state index in [9.17, 15) is 14.7 Å². The lowest BCUT2D eigenvalue weighted by Crippen LogP contribution is -2.39. The molecule has 2 rings (SSSR count). The number of amides is 1. The predicted octanol–water partition coefficient (Wildman–Crippen LogP) is 5.61. The van der Waals surface area contributed by atoms with Crippen molar-refractivity contribution < 1.29 is 24.2 Å². The highest BCUT2D eigenvalue weighted by Gasteiger charge is 2.31. The molecule has 0 spiro atoms. The summed E-state index contributed by atoms with van der Waals surface area (Å²) >= 11 is 0.